The first-order chi connectivity index (χ1) is 8.19. The van der Waals surface area contributed by atoms with Crippen molar-refractivity contribution in [3.05, 3.63) is 12.2 Å². The minimum Gasteiger partial charge on any atom is -0.481 e. The van der Waals surface area contributed by atoms with E-state index in [2.05, 4.69) is 11.0 Å². The number of rotatable bonds is 2. The predicted molar refractivity (Wildman–Crippen MR) is 62.7 cm³/mol. The third-order valence-electron chi connectivity index (χ3n) is 4.48. The lowest BCUT2D eigenvalue weighted by Gasteiger charge is -2.54. The molecule has 1 aliphatic carbocycles. The summed E-state index contributed by atoms with van der Waals surface area (Å²) < 4.78 is 5.40. The molecule has 2 saturated heterocycles. The summed E-state index contributed by atoms with van der Waals surface area (Å²) in [6.07, 6.45) is 7.01. The van der Waals surface area contributed by atoms with Gasteiger partial charge < -0.3 is 9.84 Å². The van der Waals surface area contributed by atoms with Gasteiger partial charge in [0.05, 0.1) is 5.92 Å². The van der Waals surface area contributed by atoms with E-state index in [1.165, 1.54) is 12.8 Å². The molecule has 0 radical (unpaired) electrons. The lowest BCUT2D eigenvalue weighted by molar-refractivity contribution is -0.140. The summed E-state index contributed by atoms with van der Waals surface area (Å²) in [4.78, 5) is 13.3. The van der Waals surface area contributed by atoms with Crippen LogP contribution in [-0.4, -0.2) is 48.3 Å². The summed E-state index contributed by atoms with van der Waals surface area (Å²) >= 11 is 0. The highest BCUT2D eigenvalue weighted by molar-refractivity contribution is 5.73. The number of hydrogen-bond acceptors (Lipinski definition) is 3. The third-order valence-corrected chi connectivity index (χ3v) is 4.48. The Morgan fingerprint density at radius 2 is 2.00 bits per heavy atom. The van der Waals surface area contributed by atoms with E-state index in [9.17, 15) is 4.79 Å². The van der Waals surface area contributed by atoms with Crippen molar-refractivity contribution in [2.75, 3.05) is 26.3 Å². The van der Waals surface area contributed by atoms with E-state index < -0.39 is 5.97 Å². The zero-order valence-corrected chi connectivity index (χ0v) is 9.97. The molecule has 2 aliphatic heterocycles. The van der Waals surface area contributed by atoms with Gasteiger partial charge in [0, 0.05) is 37.8 Å². The van der Waals surface area contributed by atoms with Crippen LogP contribution in [0, 0.1) is 11.3 Å². The van der Waals surface area contributed by atoms with Crippen LogP contribution in [0.1, 0.15) is 19.3 Å². The Morgan fingerprint density at radius 3 is 2.59 bits per heavy atom. The standard InChI is InChI=1S/C13H19NO3/c15-12(16)10-1-2-11(7-10)14-8-13(9-14)3-5-17-6-4-13/h1-2,10-11H,3-9H2,(H,15,16). The number of aliphatic carboxylic acids is 1. The summed E-state index contributed by atoms with van der Waals surface area (Å²) in [6, 6.07) is 0.351. The van der Waals surface area contributed by atoms with Crippen molar-refractivity contribution in [1.29, 1.82) is 0 Å². The van der Waals surface area contributed by atoms with Gasteiger partial charge in [-0.2, -0.15) is 0 Å². The first kappa shape index (κ1) is 11.2. The Bertz CT molecular complexity index is 339. The molecular formula is C13H19NO3. The molecule has 2 heterocycles. The van der Waals surface area contributed by atoms with Gasteiger partial charge in [0.1, 0.15) is 0 Å². The molecule has 0 aromatic rings. The SMILES string of the molecule is O=C(O)C1C=CC(N2CC3(CCOCC3)C2)C1. The molecule has 0 amide bonds. The molecule has 94 valence electrons. The van der Waals surface area contributed by atoms with Crippen molar-refractivity contribution in [2.24, 2.45) is 11.3 Å². The Hall–Kier alpha value is -0.870. The fourth-order valence-electron chi connectivity index (χ4n) is 3.30. The predicted octanol–water partition coefficient (Wildman–Crippen LogP) is 1.13. The van der Waals surface area contributed by atoms with Crippen molar-refractivity contribution in [3.8, 4) is 0 Å². The van der Waals surface area contributed by atoms with Crippen molar-refractivity contribution in [3.63, 3.8) is 0 Å². The van der Waals surface area contributed by atoms with E-state index in [1.54, 1.807) is 0 Å². The van der Waals surface area contributed by atoms with Gasteiger partial charge in [0.2, 0.25) is 0 Å². The molecule has 3 rings (SSSR count). The Labute approximate surface area is 101 Å². The summed E-state index contributed by atoms with van der Waals surface area (Å²) in [5, 5.41) is 8.96. The molecule has 1 N–H and O–H groups in total. The monoisotopic (exact) mass is 237 g/mol. The first-order valence-electron chi connectivity index (χ1n) is 6.42. The number of carboxylic acids is 1. The number of ether oxygens (including phenoxy) is 1. The van der Waals surface area contributed by atoms with Crippen LogP contribution in [0.25, 0.3) is 0 Å². The molecule has 0 aromatic carbocycles. The highest BCUT2D eigenvalue weighted by atomic mass is 16.5. The molecule has 2 unspecified atom stereocenters. The van der Waals surface area contributed by atoms with Crippen molar-refractivity contribution in [1.82, 2.24) is 4.90 Å². The molecular weight excluding hydrogens is 218 g/mol. The second-order valence-corrected chi connectivity index (χ2v) is 5.65. The summed E-state index contributed by atoms with van der Waals surface area (Å²) in [5.41, 5.74) is 0.480. The van der Waals surface area contributed by atoms with Crippen molar-refractivity contribution in [2.45, 2.75) is 25.3 Å². The summed E-state index contributed by atoms with van der Waals surface area (Å²) in [5.74, 6) is -0.962. The molecule has 4 nitrogen and oxygen atoms in total. The second kappa shape index (κ2) is 4.10. The van der Waals surface area contributed by atoms with Gasteiger partial charge in [0.25, 0.3) is 0 Å². The fraction of sp³-hybridized carbons (Fsp3) is 0.769. The summed E-state index contributed by atoms with van der Waals surface area (Å²) in [6.45, 7) is 4.04. The molecule has 0 saturated carbocycles. The smallest absolute Gasteiger partial charge is 0.310 e. The maximum Gasteiger partial charge on any atom is 0.310 e. The van der Waals surface area contributed by atoms with Crippen LogP contribution in [0.2, 0.25) is 0 Å². The quantitative estimate of drug-likeness (QED) is 0.731. The van der Waals surface area contributed by atoms with Gasteiger partial charge in [-0.1, -0.05) is 12.2 Å². The Kier molecular flexibility index (Phi) is 2.71. The van der Waals surface area contributed by atoms with Gasteiger partial charge >= 0.3 is 5.97 Å². The van der Waals surface area contributed by atoms with E-state index in [-0.39, 0.29) is 5.92 Å². The average molecular weight is 237 g/mol. The lowest BCUT2D eigenvalue weighted by atomic mass is 9.72. The molecule has 1 spiro atoms. The second-order valence-electron chi connectivity index (χ2n) is 5.65. The third kappa shape index (κ3) is 2.00. The number of nitrogens with zero attached hydrogens (tertiary/aromatic N) is 1. The Morgan fingerprint density at radius 1 is 1.29 bits per heavy atom. The summed E-state index contributed by atoms with van der Waals surface area (Å²) in [7, 11) is 0. The molecule has 0 bridgehead atoms. The fourth-order valence-corrected chi connectivity index (χ4v) is 3.30. The van der Waals surface area contributed by atoms with Crippen LogP contribution >= 0.6 is 0 Å². The van der Waals surface area contributed by atoms with E-state index in [0.717, 1.165) is 32.7 Å². The van der Waals surface area contributed by atoms with Crippen LogP contribution in [0.4, 0.5) is 0 Å². The number of carbonyl (C=O) groups is 1. The zero-order chi connectivity index (χ0) is 11.9. The van der Waals surface area contributed by atoms with E-state index in [4.69, 9.17) is 9.84 Å². The maximum absolute atomic E-state index is 10.9. The molecule has 3 aliphatic rings. The minimum atomic E-state index is -0.690. The highest BCUT2D eigenvalue weighted by Gasteiger charge is 2.46. The maximum atomic E-state index is 10.9. The number of likely N-dealkylation sites (tertiary alicyclic amines) is 1. The topological polar surface area (TPSA) is 49.8 Å². The van der Waals surface area contributed by atoms with Gasteiger partial charge in [0.15, 0.2) is 0 Å². The molecule has 4 heteroatoms. The highest BCUT2D eigenvalue weighted by Crippen LogP contribution is 2.42. The van der Waals surface area contributed by atoms with Crippen LogP contribution in [0.15, 0.2) is 12.2 Å². The van der Waals surface area contributed by atoms with E-state index >= 15 is 0 Å². The number of carboxylic acid groups (broad SMARTS) is 1. The minimum absolute atomic E-state index is 0.272. The Balaban J connectivity index is 1.53. The first-order valence-corrected chi connectivity index (χ1v) is 6.42. The van der Waals surface area contributed by atoms with Crippen LogP contribution < -0.4 is 0 Å². The normalized spacial score (nSPS) is 36.0. The molecule has 0 aromatic heterocycles. The van der Waals surface area contributed by atoms with E-state index in [0.29, 0.717) is 11.5 Å². The molecule has 17 heavy (non-hydrogen) atoms. The lowest BCUT2D eigenvalue weighted by Crippen LogP contribution is -2.61. The van der Waals surface area contributed by atoms with Crippen LogP contribution in [-0.2, 0) is 9.53 Å². The average Bonchev–Trinajstić information content (AvgIpc) is 2.76. The number of hydrogen-bond donors (Lipinski definition) is 1. The molecule has 2 atom stereocenters. The van der Waals surface area contributed by atoms with E-state index in [1.807, 2.05) is 6.08 Å². The van der Waals surface area contributed by atoms with Crippen LogP contribution in [0.3, 0.4) is 0 Å². The van der Waals surface area contributed by atoms with Gasteiger partial charge in [-0.3, -0.25) is 9.69 Å². The zero-order valence-electron chi connectivity index (χ0n) is 9.97. The van der Waals surface area contributed by atoms with Crippen LogP contribution in [0.5, 0.6) is 0 Å². The largest absolute Gasteiger partial charge is 0.481 e. The van der Waals surface area contributed by atoms with Gasteiger partial charge in [-0.25, -0.2) is 0 Å². The molecule has 2 fully saturated rings. The van der Waals surface area contributed by atoms with Crippen molar-refractivity contribution < 1.29 is 14.6 Å². The van der Waals surface area contributed by atoms with Gasteiger partial charge in [-0.05, 0) is 19.3 Å². The van der Waals surface area contributed by atoms with Crippen molar-refractivity contribution >= 4 is 5.97 Å². The van der Waals surface area contributed by atoms with Gasteiger partial charge in [-0.15, -0.1) is 0 Å².